The molecule has 0 spiro atoms. The van der Waals surface area contributed by atoms with Crippen molar-refractivity contribution in [1.29, 1.82) is 0 Å². The van der Waals surface area contributed by atoms with Crippen molar-refractivity contribution in [2.24, 2.45) is 0 Å². The van der Waals surface area contributed by atoms with Gasteiger partial charge in [0.2, 0.25) is 0 Å². The van der Waals surface area contributed by atoms with Gasteiger partial charge in [-0.15, -0.1) is 0 Å². The highest BCUT2D eigenvalue weighted by molar-refractivity contribution is 5.91. The van der Waals surface area contributed by atoms with E-state index >= 15 is 0 Å². The van der Waals surface area contributed by atoms with Crippen molar-refractivity contribution in [3.63, 3.8) is 0 Å². The Morgan fingerprint density at radius 1 is 0.848 bits per heavy atom. The van der Waals surface area contributed by atoms with Gasteiger partial charge in [0.15, 0.2) is 17.1 Å². The lowest BCUT2D eigenvalue weighted by atomic mass is 9.72. The summed E-state index contributed by atoms with van der Waals surface area (Å²) in [5.41, 5.74) is 0.934. The second kappa shape index (κ2) is 7.81. The molecule has 1 amide bonds. The number of hydrogen-bond acceptors (Lipinski definition) is 5. The lowest BCUT2D eigenvalue weighted by Gasteiger charge is -2.44. The molecule has 0 bridgehead atoms. The number of ether oxygens (including phenoxy) is 3. The van der Waals surface area contributed by atoms with Crippen molar-refractivity contribution in [1.82, 2.24) is 4.90 Å². The van der Waals surface area contributed by atoms with Gasteiger partial charge in [-0.05, 0) is 52.9 Å². The Labute approximate surface area is 193 Å². The average Bonchev–Trinajstić information content (AvgIpc) is 3.12. The monoisotopic (exact) mass is 445 g/mol. The Morgan fingerprint density at radius 3 is 2.24 bits per heavy atom. The summed E-state index contributed by atoms with van der Waals surface area (Å²) >= 11 is 0. The van der Waals surface area contributed by atoms with Crippen molar-refractivity contribution in [3.05, 3.63) is 89.0 Å². The third-order valence-electron chi connectivity index (χ3n) is 7.03. The Balaban J connectivity index is 1.80. The van der Waals surface area contributed by atoms with Gasteiger partial charge in [0, 0.05) is 13.0 Å². The first-order valence-corrected chi connectivity index (χ1v) is 11.0. The zero-order valence-electron chi connectivity index (χ0n) is 19.0. The zero-order chi connectivity index (χ0) is 23.2. The molecule has 3 aromatic rings. The molecule has 33 heavy (non-hydrogen) atoms. The molecule has 0 aliphatic carbocycles. The lowest BCUT2D eigenvalue weighted by molar-refractivity contribution is -0.145. The Morgan fingerprint density at radius 2 is 1.55 bits per heavy atom. The van der Waals surface area contributed by atoms with Gasteiger partial charge in [-0.25, -0.2) is 0 Å². The van der Waals surface area contributed by atoms with Gasteiger partial charge in [-0.1, -0.05) is 42.5 Å². The highest BCUT2D eigenvalue weighted by Gasteiger charge is 2.62. The average molecular weight is 446 g/mol. The molecule has 5 rings (SSSR count). The smallest absolute Gasteiger partial charge is 0.260 e. The maximum absolute atomic E-state index is 13.9. The van der Waals surface area contributed by atoms with Crippen LogP contribution in [0.25, 0.3) is 0 Å². The SMILES string of the molecule is COc1cccc([C@@]23C[C@@](O)(c4ccccc4)C(=O)N2CCc2cc(OC)c(OC)cc23)c1. The van der Waals surface area contributed by atoms with Crippen LogP contribution in [0.4, 0.5) is 0 Å². The van der Waals surface area contributed by atoms with E-state index in [4.69, 9.17) is 14.2 Å². The molecule has 1 N–H and O–H groups in total. The molecule has 1 fully saturated rings. The standard InChI is InChI=1S/C27H27NO5/c1-31-21-11-7-10-20(15-21)26-17-27(30,19-8-5-4-6-9-19)25(29)28(26)13-12-18-14-23(32-2)24(33-3)16-22(18)26/h4-11,14-16,30H,12-13,17H2,1-3H3/t26-,27-/m1/s1. The Hall–Kier alpha value is -3.51. The molecule has 6 heteroatoms. The van der Waals surface area contributed by atoms with Crippen molar-refractivity contribution in [3.8, 4) is 17.2 Å². The molecule has 3 aromatic carbocycles. The Kier molecular flexibility index (Phi) is 5.05. The lowest BCUT2D eigenvalue weighted by Crippen LogP contribution is -2.49. The fraction of sp³-hybridized carbons (Fsp3) is 0.296. The molecular weight excluding hydrogens is 418 g/mol. The van der Waals surface area contributed by atoms with Crippen molar-refractivity contribution < 1.29 is 24.1 Å². The molecule has 2 aliphatic heterocycles. The van der Waals surface area contributed by atoms with E-state index in [0.29, 0.717) is 35.8 Å². The van der Waals surface area contributed by atoms with E-state index in [-0.39, 0.29) is 12.3 Å². The molecule has 2 heterocycles. The van der Waals surface area contributed by atoms with Gasteiger partial charge in [-0.2, -0.15) is 0 Å². The summed E-state index contributed by atoms with van der Waals surface area (Å²) in [6, 6.07) is 20.9. The van der Waals surface area contributed by atoms with Crippen LogP contribution < -0.4 is 14.2 Å². The molecule has 2 aliphatic rings. The van der Waals surface area contributed by atoms with Gasteiger partial charge in [0.05, 0.1) is 26.9 Å². The van der Waals surface area contributed by atoms with E-state index in [1.807, 2.05) is 71.6 Å². The second-order valence-corrected chi connectivity index (χ2v) is 8.57. The van der Waals surface area contributed by atoms with E-state index in [1.165, 1.54) is 0 Å². The molecule has 170 valence electrons. The van der Waals surface area contributed by atoms with Gasteiger partial charge in [0.1, 0.15) is 5.75 Å². The predicted molar refractivity (Wildman–Crippen MR) is 124 cm³/mol. The zero-order valence-corrected chi connectivity index (χ0v) is 19.0. The molecule has 0 unspecified atom stereocenters. The molecule has 0 aromatic heterocycles. The van der Waals surface area contributed by atoms with Crippen LogP contribution in [-0.4, -0.2) is 43.8 Å². The van der Waals surface area contributed by atoms with Gasteiger partial charge in [-0.3, -0.25) is 4.79 Å². The quantitative estimate of drug-likeness (QED) is 0.650. The van der Waals surface area contributed by atoms with Gasteiger partial charge < -0.3 is 24.2 Å². The molecular formula is C27H27NO5. The number of carbonyl (C=O) groups is 1. The van der Waals surface area contributed by atoms with E-state index in [0.717, 1.165) is 16.7 Å². The van der Waals surface area contributed by atoms with Gasteiger partial charge >= 0.3 is 0 Å². The van der Waals surface area contributed by atoms with Crippen LogP contribution in [0.15, 0.2) is 66.7 Å². The van der Waals surface area contributed by atoms with Crippen LogP contribution in [0.3, 0.4) is 0 Å². The van der Waals surface area contributed by atoms with Crippen LogP contribution in [0.1, 0.15) is 28.7 Å². The summed E-state index contributed by atoms with van der Waals surface area (Å²) in [6.45, 7) is 0.480. The van der Waals surface area contributed by atoms with E-state index in [1.54, 1.807) is 21.3 Å². The van der Waals surface area contributed by atoms with Crippen molar-refractivity contribution >= 4 is 5.91 Å². The Bertz CT molecular complexity index is 1210. The normalized spacial score (nSPS) is 23.6. The highest BCUT2D eigenvalue weighted by atomic mass is 16.5. The van der Waals surface area contributed by atoms with Crippen molar-refractivity contribution in [2.75, 3.05) is 27.9 Å². The fourth-order valence-electron chi connectivity index (χ4n) is 5.45. The fourth-order valence-corrected chi connectivity index (χ4v) is 5.45. The van der Waals surface area contributed by atoms with Crippen LogP contribution >= 0.6 is 0 Å². The number of aliphatic hydroxyl groups is 1. The molecule has 0 saturated carbocycles. The van der Waals surface area contributed by atoms with Crippen LogP contribution in [-0.2, 0) is 22.4 Å². The predicted octanol–water partition coefficient (Wildman–Crippen LogP) is 3.63. The number of benzene rings is 3. The minimum atomic E-state index is -1.65. The third-order valence-corrected chi connectivity index (χ3v) is 7.03. The van der Waals surface area contributed by atoms with Crippen LogP contribution in [0.5, 0.6) is 17.2 Å². The number of carbonyl (C=O) groups excluding carboxylic acids is 1. The number of hydrogen-bond donors (Lipinski definition) is 1. The number of methoxy groups -OCH3 is 3. The third kappa shape index (κ3) is 3.01. The first-order valence-electron chi connectivity index (χ1n) is 11.0. The first kappa shape index (κ1) is 21.3. The number of amides is 1. The minimum absolute atomic E-state index is 0.179. The second-order valence-electron chi connectivity index (χ2n) is 8.57. The summed E-state index contributed by atoms with van der Waals surface area (Å²) in [4.78, 5) is 15.7. The summed E-state index contributed by atoms with van der Waals surface area (Å²) in [7, 11) is 4.84. The maximum atomic E-state index is 13.9. The number of nitrogens with zero attached hydrogens (tertiary/aromatic N) is 1. The summed E-state index contributed by atoms with van der Waals surface area (Å²) < 4.78 is 16.7. The van der Waals surface area contributed by atoms with E-state index in [2.05, 4.69) is 0 Å². The molecule has 6 nitrogen and oxygen atoms in total. The summed E-state index contributed by atoms with van der Waals surface area (Å²) in [5, 5.41) is 11.9. The summed E-state index contributed by atoms with van der Waals surface area (Å²) in [5.74, 6) is 1.63. The van der Waals surface area contributed by atoms with Crippen LogP contribution in [0.2, 0.25) is 0 Å². The number of fused-ring (bicyclic) bond motifs is 3. The largest absolute Gasteiger partial charge is 0.497 e. The maximum Gasteiger partial charge on any atom is 0.260 e. The van der Waals surface area contributed by atoms with Crippen LogP contribution in [0, 0.1) is 0 Å². The summed E-state index contributed by atoms with van der Waals surface area (Å²) in [6.07, 6.45) is 0.830. The molecule has 1 saturated heterocycles. The van der Waals surface area contributed by atoms with Crippen molar-refractivity contribution in [2.45, 2.75) is 24.0 Å². The van der Waals surface area contributed by atoms with Gasteiger partial charge in [0.25, 0.3) is 5.91 Å². The number of rotatable bonds is 5. The molecule has 0 radical (unpaired) electrons. The van der Waals surface area contributed by atoms with E-state index < -0.39 is 11.1 Å². The topological polar surface area (TPSA) is 68.2 Å². The van der Waals surface area contributed by atoms with E-state index in [9.17, 15) is 9.90 Å². The first-order chi connectivity index (χ1) is 16.0. The molecule has 2 atom stereocenters. The highest BCUT2D eigenvalue weighted by Crippen LogP contribution is 2.56. The minimum Gasteiger partial charge on any atom is -0.497 e.